The number of aryl methyl sites for hydroxylation is 1. The van der Waals surface area contributed by atoms with E-state index < -0.39 is 0 Å². The summed E-state index contributed by atoms with van der Waals surface area (Å²) in [6.07, 6.45) is 14.1. The molecule has 0 bridgehead atoms. The molecule has 0 radical (unpaired) electrons. The molecule has 1 heterocycles. The molecule has 1 aliphatic rings. The minimum Gasteiger partial charge on any atom is -0.265 e. The van der Waals surface area contributed by atoms with E-state index in [9.17, 15) is 0 Å². The second kappa shape index (κ2) is 6.23. The van der Waals surface area contributed by atoms with E-state index in [1.807, 2.05) is 30.6 Å². The van der Waals surface area contributed by atoms with Gasteiger partial charge in [-0.2, -0.15) is 0 Å². The number of benzene rings is 1. The van der Waals surface area contributed by atoms with Gasteiger partial charge in [0, 0.05) is 17.4 Å². The van der Waals surface area contributed by atoms with Gasteiger partial charge < -0.3 is 0 Å². The molecule has 0 saturated heterocycles. The number of fused-ring (bicyclic) bond motifs is 1. The first kappa shape index (κ1) is 13.4. The summed E-state index contributed by atoms with van der Waals surface area (Å²) in [4.78, 5) is 4.04. The van der Waals surface area contributed by atoms with Gasteiger partial charge >= 0.3 is 0 Å². The Balaban J connectivity index is 1.98. The fourth-order valence-corrected chi connectivity index (χ4v) is 3.08. The average Bonchev–Trinajstić information content (AvgIpc) is 2.73. The lowest BCUT2D eigenvalue weighted by molar-refractivity contribution is 0.711. The number of nitrogens with zero attached hydrogens (tertiary/aromatic N) is 1. The van der Waals surface area contributed by atoms with Gasteiger partial charge in [-0.25, -0.2) is 0 Å². The Hall–Kier alpha value is -1.60. The van der Waals surface area contributed by atoms with Gasteiger partial charge in [0.25, 0.3) is 0 Å². The summed E-state index contributed by atoms with van der Waals surface area (Å²) in [7, 11) is 0. The fourth-order valence-electron chi connectivity index (χ4n) is 2.84. The number of rotatable bonds is 2. The van der Waals surface area contributed by atoms with E-state index in [-0.39, 0.29) is 0 Å². The van der Waals surface area contributed by atoms with Crippen molar-refractivity contribution in [2.24, 2.45) is 0 Å². The van der Waals surface area contributed by atoms with Gasteiger partial charge in [-0.3, -0.25) is 4.98 Å². The zero-order valence-electron chi connectivity index (χ0n) is 11.5. The molecule has 1 aromatic heterocycles. The molecule has 0 spiro atoms. The zero-order valence-corrected chi connectivity index (χ0v) is 12.2. The van der Waals surface area contributed by atoms with Crippen molar-refractivity contribution in [3.05, 3.63) is 63.9 Å². The highest BCUT2D eigenvalue weighted by Crippen LogP contribution is 2.30. The molecule has 3 rings (SSSR count). The van der Waals surface area contributed by atoms with Gasteiger partial charge in [-0.15, -0.1) is 0 Å². The van der Waals surface area contributed by atoms with Crippen molar-refractivity contribution in [3.8, 4) is 0 Å². The molecule has 0 saturated carbocycles. The van der Waals surface area contributed by atoms with Crippen molar-refractivity contribution >= 4 is 23.8 Å². The molecule has 0 amide bonds. The summed E-state index contributed by atoms with van der Waals surface area (Å²) in [5.74, 6) is 0. The molecule has 0 aliphatic heterocycles. The second-order valence-electron chi connectivity index (χ2n) is 5.27. The van der Waals surface area contributed by atoms with E-state index in [1.54, 1.807) is 0 Å². The van der Waals surface area contributed by atoms with Crippen LogP contribution in [0, 0.1) is 0 Å². The molecule has 102 valence electrons. The lowest BCUT2D eigenvalue weighted by Gasteiger charge is -2.11. The van der Waals surface area contributed by atoms with Crippen molar-refractivity contribution in [3.63, 3.8) is 0 Å². The third-order valence-corrected chi connectivity index (χ3v) is 4.25. The van der Waals surface area contributed by atoms with Gasteiger partial charge in [0.1, 0.15) is 0 Å². The molecule has 1 aliphatic carbocycles. The molecule has 0 atom stereocenters. The lowest BCUT2D eigenvalue weighted by Crippen LogP contribution is -1.95. The summed E-state index contributed by atoms with van der Waals surface area (Å²) in [6.45, 7) is 0. The predicted molar refractivity (Wildman–Crippen MR) is 85.9 cm³/mol. The minimum absolute atomic E-state index is 0.857. The van der Waals surface area contributed by atoms with E-state index in [0.29, 0.717) is 0 Å². The maximum atomic E-state index is 6.42. The maximum absolute atomic E-state index is 6.42. The highest BCUT2D eigenvalue weighted by molar-refractivity contribution is 6.32. The molecule has 2 aromatic rings. The number of hydrogen-bond donors (Lipinski definition) is 0. The van der Waals surface area contributed by atoms with Gasteiger partial charge in [0.15, 0.2) is 0 Å². The Morgan fingerprint density at radius 1 is 0.900 bits per heavy atom. The van der Waals surface area contributed by atoms with E-state index in [1.165, 1.54) is 42.4 Å². The van der Waals surface area contributed by atoms with Crippen LogP contribution in [0.15, 0.2) is 36.7 Å². The van der Waals surface area contributed by atoms with Gasteiger partial charge in [0.2, 0.25) is 0 Å². The van der Waals surface area contributed by atoms with E-state index in [0.717, 1.165) is 17.0 Å². The number of pyridine rings is 1. The molecular weight excluding hydrogens is 266 g/mol. The normalized spacial score (nSPS) is 15.1. The molecule has 1 nitrogen and oxygen atoms in total. The summed E-state index contributed by atoms with van der Waals surface area (Å²) in [6, 6.07) is 8.25. The minimum atomic E-state index is 0.857. The predicted octanol–water partition coefficient (Wildman–Crippen LogP) is 5.17. The van der Waals surface area contributed by atoms with E-state index in [4.69, 9.17) is 11.6 Å². The molecule has 2 heteroatoms. The first-order valence-corrected chi connectivity index (χ1v) is 7.61. The summed E-state index contributed by atoms with van der Waals surface area (Å²) >= 11 is 6.42. The van der Waals surface area contributed by atoms with Gasteiger partial charge in [0.05, 0.1) is 0 Å². The maximum Gasteiger partial charge on any atom is 0.0481 e. The Bertz CT molecular complexity index is 617. The smallest absolute Gasteiger partial charge is 0.0481 e. The van der Waals surface area contributed by atoms with Crippen molar-refractivity contribution < 1.29 is 0 Å². The van der Waals surface area contributed by atoms with Crippen LogP contribution >= 0.6 is 11.6 Å². The lowest BCUT2D eigenvalue weighted by atomic mass is 9.96. The number of halogens is 1. The quantitative estimate of drug-likeness (QED) is 0.693. The van der Waals surface area contributed by atoms with Crippen LogP contribution in [0.25, 0.3) is 12.2 Å². The summed E-state index contributed by atoms with van der Waals surface area (Å²) in [5, 5.41) is 0.857. The molecule has 20 heavy (non-hydrogen) atoms. The average molecular weight is 284 g/mol. The van der Waals surface area contributed by atoms with Crippen LogP contribution in [0.4, 0.5) is 0 Å². The molecule has 0 N–H and O–H groups in total. The summed E-state index contributed by atoms with van der Waals surface area (Å²) in [5.41, 5.74) is 5.27. The Kier molecular flexibility index (Phi) is 4.17. The van der Waals surface area contributed by atoms with Crippen molar-refractivity contribution in [1.82, 2.24) is 4.98 Å². The molecule has 0 fully saturated rings. The van der Waals surface area contributed by atoms with Gasteiger partial charge in [-0.1, -0.05) is 36.2 Å². The monoisotopic (exact) mass is 283 g/mol. The van der Waals surface area contributed by atoms with Crippen LogP contribution in [-0.2, 0) is 12.8 Å². The molecular formula is C18H18ClN. The Morgan fingerprint density at radius 3 is 2.55 bits per heavy atom. The fraction of sp³-hybridized carbons (Fsp3) is 0.278. The largest absolute Gasteiger partial charge is 0.265 e. The third kappa shape index (κ3) is 2.94. The standard InChI is InChI=1S/C18H18ClN/c19-18-9-7-15-4-2-1-3-5-16(15)17(18)8-6-14-10-12-20-13-11-14/h6-13H,1-5H2/b8-6-. The van der Waals surface area contributed by atoms with Crippen LogP contribution in [0.1, 0.15) is 41.5 Å². The van der Waals surface area contributed by atoms with Crippen molar-refractivity contribution in [2.45, 2.75) is 32.1 Å². The molecule has 1 aromatic carbocycles. The highest BCUT2D eigenvalue weighted by atomic mass is 35.5. The van der Waals surface area contributed by atoms with Crippen LogP contribution in [0.3, 0.4) is 0 Å². The number of hydrogen-bond acceptors (Lipinski definition) is 1. The second-order valence-corrected chi connectivity index (χ2v) is 5.68. The molecule has 0 unspecified atom stereocenters. The zero-order chi connectivity index (χ0) is 13.8. The first-order chi connectivity index (χ1) is 9.84. The van der Waals surface area contributed by atoms with Crippen molar-refractivity contribution in [2.75, 3.05) is 0 Å². The third-order valence-electron chi connectivity index (χ3n) is 3.92. The SMILES string of the molecule is Clc1ccc2c(c1/C=C\c1ccncc1)CCCCC2. The van der Waals surface area contributed by atoms with Crippen LogP contribution in [-0.4, -0.2) is 4.98 Å². The van der Waals surface area contributed by atoms with Gasteiger partial charge in [-0.05, 0) is 66.1 Å². The van der Waals surface area contributed by atoms with Crippen LogP contribution < -0.4 is 0 Å². The van der Waals surface area contributed by atoms with E-state index >= 15 is 0 Å². The Morgan fingerprint density at radius 2 is 1.70 bits per heavy atom. The first-order valence-electron chi connectivity index (χ1n) is 7.23. The van der Waals surface area contributed by atoms with E-state index in [2.05, 4.69) is 23.2 Å². The topological polar surface area (TPSA) is 12.9 Å². The van der Waals surface area contributed by atoms with Crippen LogP contribution in [0.2, 0.25) is 5.02 Å². The van der Waals surface area contributed by atoms with Crippen LogP contribution in [0.5, 0.6) is 0 Å². The number of aromatic nitrogens is 1. The highest BCUT2D eigenvalue weighted by Gasteiger charge is 2.13. The van der Waals surface area contributed by atoms with Crippen molar-refractivity contribution in [1.29, 1.82) is 0 Å². The Labute approximate surface area is 125 Å². The summed E-state index contributed by atoms with van der Waals surface area (Å²) < 4.78 is 0.